The summed E-state index contributed by atoms with van der Waals surface area (Å²) in [6, 6.07) is 0.127. The summed E-state index contributed by atoms with van der Waals surface area (Å²) in [4.78, 5) is 4.46. The van der Waals surface area contributed by atoms with Crippen molar-refractivity contribution < 1.29 is 13.2 Å². The van der Waals surface area contributed by atoms with Crippen LogP contribution in [0.2, 0.25) is 0 Å². The Kier molecular flexibility index (Phi) is 4.19. The largest absolute Gasteiger partial charge is 0.381 e. The van der Waals surface area contributed by atoms with Gasteiger partial charge in [-0.25, -0.2) is 13.4 Å². The number of sulfonamides is 1. The van der Waals surface area contributed by atoms with E-state index in [4.69, 9.17) is 4.74 Å². The Labute approximate surface area is 137 Å². The lowest BCUT2D eigenvalue weighted by molar-refractivity contribution is 0.0476. The average molecular weight is 339 g/mol. The Morgan fingerprint density at radius 1 is 1.09 bits per heavy atom. The van der Waals surface area contributed by atoms with Crippen molar-refractivity contribution in [2.24, 2.45) is 5.92 Å². The number of ether oxygens (including phenoxy) is 1. The molecule has 0 radical (unpaired) electrons. The minimum Gasteiger partial charge on any atom is -0.381 e. The van der Waals surface area contributed by atoms with Crippen molar-refractivity contribution in [1.29, 1.82) is 0 Å². The fourth-order valence-electron chi connectivity index (χ4n) is 4.27. The van der Waals surface area contributed by atoms with E-state index >= 15 is 0 Å². The zero-order valence-corrected chi connectivity index (χ0v) is 14.3. The lowest BCUT2D eigenvalue weighted by atomic mass is 9.91. The quantitative estimate of drug-likeness (QED) is 0.842. The van der Waals surface area contributed by atoms with Gasteiger partial charge in [-0.2, -0.15) is 4.31 Å². The second-order valence-corrected chi connectivity index (χ2v) is 8.76. The van der Waals surface area contributed by atoms with Crippen LogP contribution in [0.5, 0.6) is 0 Å². The summed E-state index contributed by atoms with van der Waals surface area (Å²) in [6.07, 6.45) is 8.71. The maximum Gasteiger partial charge on any atom is 0.262 e. The van der Waals surface area contributed by atoms with Gasteiger partial charge in [-0.15, -0.1) is 0 Å². The molecule has 23 heavy (non-hydrogen) atoms. The first-order valence-corrected chi connectivity index (χ1v) is 10.3. The Morgan fingerprint density at radius 3 is 2.70 bits per heavy atom. The predicted octanol–water partition coefficient (Wildman–Crippen LogP) is 1.80. The van der Waals surface area contributed by atoms with Gasteiger partial charge in [0.1, 0.15) is 5.82 Å². The third kappa shape index (κ3) is 2.83. The minimum atomic E-state index is -3.47. The maximum atomic E-state index is 13.1. The number of imidazole rings is 1. The lowest BCUT2D eigenvalue weighted by Gasteiger charge is -2.32. The summed E-state index contributed by atoms with van der Waals surface area (Å²) in [6.45, 7) is 3.04. The summed E-state index contributed by atoms with van der Waals surface area (Å²) in [5.74, 6) is 1.36. The molecule has 7 heteroatoms. The molecule has 4 heterocycles. The van der Waals surface area contributed by atoms with Gasteiger partial charge >= 0.3 is 0 Å². The van der Waals surface area contributed by atoms with Gasteiger partial charge in [0, 0.05) is 45.0 Å². The Hall–Kier alpha value is -0.920. The Morgan fingerprint density at radius 2 is 1.91 bits per heavy atom. The molecule has 2 saturated heterocycles. The van der Waals surface area contributed by atoms with E-state index in [1.54, 1.807) is 10.5 Å². The first-order chi connectivity index (χ1) is 11.2. The molecule has 1 unspecified atom stereocenters. The number of aryl methyl sites for hydroxylation is 2. The van der Waals surface area contributed by atoms with Gasteiger partial charge in [-0.3, -0.25) is 0 Å². The van der Waals surface area contributed by atoms with Gasteiger partial charge in [0.15, 0.2) is 5.03 Å². The number of aromatic nitrogens is 2. The molecule has 0 saturated carbocycles. The third-order valence-electron chi connectivity index (χ3n) is 5.52. The van der Waals surface area contributed by atoms with Crippen molar-refractivity contribution in [3.8, 4) is 0 Å². The van der Waals surface area contributed by atoms with Crippen LogP contribution >= 0.6 is 0 Å². The summed E-state index contributed by atoms with van der Waals surface area (Å²) >= 11 is 0. The standard InChI is InChI=1S/C16H25N3O3S/c20-23(21,16-12-18-8-2-1-5-15(18)17-16)19-9-3-4-14(19)13-6-10-22-11-7-13/h12-14H,1-11H2. The second-order valence-electron chi connectivity index (χ2n) is 6.92. The van der Waals surface area contributed by atoms with Crippen LogP contribution in [0.4, 0.5) is 0 Å². The molecular weight excluding hydrogens is 314 g/mol. The molecule has 2 fully saturated rings. The smallest absolute Gasteiger partial charge is 0.262 e. The highest BCUT2D eigenvalue weighted by Crippen LogP contribution is 2.34. The Balaban J connectivity index is 1.60. The van der Waals surface area contributed by atoms with Crippen LogP contribution in [-0.2, 0) is 27.7 Å². The van der Waals surface area contributed by atoms with E-state index < -0.39 is 10.0 Å². The number of rotatable bonds is 3. The van der Waals surface area contributed by atoms with Crippen LogP contribution in [-0.4, -0.2) is 48.1 Å². The normalized spacial score (nSPS) is 27.2. The molecule has 4 rings (SSSR count). The first kappa shape index (κ1) is 15.6. The number of hydrogen-bond donors (Lipinski definition) is 0. The predicted molar refractivity (Wildman–Crippen MR) is 85.6 cm³/mol. The van der Waals surface area contributed by atoms with Gasteiger partial charge in [0.05, 0.1) is 0 Å². The van der Waals surface area contributed by atoms with Crippen LogP contribution in [0.25, 0.3) is 0 Å². The topological polar surface area (TPSA) is 64.4 Å². The van der Waals surface area contributed by atoms with Crippen molar-refractivity contribution in [3.05, 3.63) is 12.0 Å². The van der Waals surface area contributed by atoms with E-state index in [0.717, 1.165) is 70.5 Å². The molecule has 1 aromatic rings. The fourth-order valence-corrected chi connectivity index (χ4v) is 5.99. The highest BCUT2D eigenvalue weighted by Gasteiger charge is 2.41. The van der Waals surface area contributed by atoms with Gasteiger partial charge in [0.2, 0.25) is 0 Å². The van der Waals surface area contributed by atoms with Gasteiger partial charge < -0.3 is 9.30 Å². The molecule has 0 spiro atoms. The van der Waals surface area contributed by atoms with E-state index in [2.05, 4.69) is 4.98 Å². The molecule has 0 aliphatic carbocycles. The van der Waals surface area contributed by atoms with Gasteiger partial charge in [-0.05, 0) is 44.4 Å². The molecule has 1 aromatic heterocycles. The third-order valence-corrected chi connectivity index (χ3v) is 7.31. The van der Waals surface area contributed by atoms with E-state index in [-0.39, 0.29) is 11.1 Å². The maximum absolute atomic E-state index is 13.1. The molecule has 128 valence electrons. The monoisotopic (exact) mass is 339 g/mol. The lowest BCUT2D eigenvalue weighted by Crippen LogP contribution is -2.42. The van der Waals surface area contributed by atoms with Crippen LogP contribution < -0.4 is 0 Å². The molecule has 0 aromatic carbocycles. The number of fused-ring (bicyclic) bond motifs is 1. The number of hydrogen-bond acceptors (Lipinski definition) is 4. The molecule has 3 aliphatic heterocycles. The van der Waals surface area contributed by atoms with Crippen molar-refractivity contribution in [1.82, 2.24) is 13.9 Å². The summed E-state index contributed by atoms with van der Waals surface area (Å²) in [7, 11) is -3.47. The molecule has 0 bridgehead atoms. The second kappa shape index (κ2) is 6.18. The van der Waals surface area contributed by atoms with E-state index in [1.807, 2.05) is 4.57 Å². The van der Waals surface area contributed by atoms with E-state index in [1.165, 1.54) is 0 Å². The van der Waals surface area contributed by atoms with Gasteiger partial charge in [0.25, 0.3) is 10.0 Å². The summed E-state index contributed by atoms with van der Waals surface area (Å²) in [5.41, 5.74) is 0. The molecule has 6 nitrogen and oxygen atoms in total. The molecular formula is C16H25N3O3S. The highest BCUT2D eigenvalue weighted by atomic mass is 32.2. The van der Waals surface area contributed by atoms with E-state index in [9.17, 15) is 8.42 Å². The van der Waals surface area contributed by atoms with Crippen LogP contribution in [0.15, 0.2) is 11.2 Å². The van der Waals surface area contributed by atoms with Crippen molar-refractivity contribution in [2.45, 2.75) is 62.6 Å². The zero-order valence-electron chi connectivity index (χ0n) is 13.5. The molecule has 1 atom stereocenters. The first-order valence-electron chi connectivity index (χ1n) is 8.82. The molecule has 0 N–H and O–H groups in total. The van der Waals surface area contributed by atoms with Gasteiger partial charge in [-0.1, -0.05) is 0 Å². The number of nitrogens with zero attached hydrogens (tertiary/aromatic N) is 3. The zero-order chi connectivity index (χ0) is 15.9. The Bertz CT molecular complexity index is 641. The summed E-state index contributed by atoms with van der Waals surface area (Å²) < 4.78 is 35.4. The van der Waals surface area contributed by atoms with Crippen molar-refractivity contribution in [2.75, 3.05) is 19.8 Å². The van der Waals surface area contributed by atoms with Crippen LogP contribution in [0.1, 0.15) is 44.3 Å². The van der Waals surface area contributed by atoms with Crippen molar-refractivity contribution >= 4 is 10.0 Å². The van der Waals surface area contributed by atoms with Crippen LogP contribution in [0, 0.1) is 5.92 Å². The summed E-state index contributed by atoms with van der Waals surface area (Å²) in [5, 5.41) is 0.258. The molecule has 3 aliphatic rings. The van der Waals surface area contributed by atoms with Crippen molar-refractivity contribution in [3.63, 3.8) is 0 Å². The highest BCUT2D eigenvalue weighted by molar-refractivity contribution is 7.89. The van der Waals surface area contributed by atoms with E-state index in [0.29, 0.717) is 12.5 Å². The fraction of sp³-hybridized carbons (Fsp3) is 0.812. The SMILES string of the molecule is O=S(=O)(c1cn2c(n1)CCCC2)N1CCCC1C1CCOCC1. The average Bonchev–Trinajstić information content (AvgIpc) is 3.23. The molecule has 0 amide bonds. The minimum absolute atomic E-state index is 0.127. The van der Waals surface area contributed by atoms with Crippen LogP contribution in [0.3, 0.4) is 0 Å².